The van der Waals surface area contributed by atoms with E-state index in [0.717, 1.165) is 57.0 Å². The summed E-state index contributed by atoms with van der Waals surface area (Å²) in [6.45, 7) is 3.18. The zero-order valence-corrected chi connectivity index (χ0v) is 14.2. The third kappa shape index (κ3) is 3.23. The zero-order chi connectivity index (χ0) is 17.2. The van der Waals surface area contributed by atoms with Crippen LogP contribution in [0.25, 0.3) is 0 Å². The van der Waals surface area contributed by atoms with Crippen LogP contribution in [-0.4, -0.2) is 40.3 Å². The third-order valence-electron chi connectivity index (χ3n) is 4.98. The molecular formula is C18H22FN5O. The van der Waals surface area contributed by atoms with Gasteiger partial charge in [-0.2, -0.15) is 0 Å². The second-order valence-corrected chi connectivity index (χ2v) is 6.65. The maximum absolute atomic E-state index is 14.3. The number of amides is 1. The molecule has 0 bridgehead atoms. The van der Waals surface area contributed by atoms with E-state index < -0.39 is 0 Å². The minimum atomic E-state index is -0.329. The van der Waals surface area contributed by atoms with Crippen molar-refractivity contribution in [1.29, 1.82) is 0 Å². The van der Waals surface area contributed by atoms with E-state index in [0.29, 0.717) is 24.2 Å². The van der Waals surface area contributed by atoms with Crippen molar-refractivity contribution < 1.29 is 9.18 Å². The maximum Gasteiger partial charge on any atom is 0.251 e. The molecule has 1 fully saturated rings. The van der Waals surface area contributed by atoms with Gasteiger partial charge in [-0.15, -0.1) is 10.2 Å². The Labute approximate surface area is 146 Å². The van der Waals surface area contributed by atoms with Crippen molar-refractivity contribution in [2.24, 2.45) is 0 Å². The first-order valence-corrected chi connectivity index (χ1v) is 8.96. The zero-order valence-electron chi connectivity index (χ0n) is 14.2. The van der Waals surface area contributed by atoms with Crippen molar-refractivity contribution in [2.75, 3.05) is 24.5 Å². The molecule has 0 saturated carbocycles. The van der Waals surface area contributed by atoms with Crippen molar-refractivity contribution in [3.63, 3.8) is 0 Å². The van der Waals surface area contributed by atoms with Gasteiger partial charge in [-0.3, -0.25) is 4.79 Å². The monoisotopic (exact) mass is 343 g/mol. The summed E-state index contributed by atoms with van der Waals surface area (Å²) in [4.78, 5) is 14.3. The Kier molecular flexibility index (Phi) is 4.38. The number of anilines is 1. The van der Waals surface area contributed by atoms with E-state index in [1.165, 1.54) is 6.07 Å². The fourth-order valence-electron chi connectivity index (χ4n) is 3.65. The largest absolute Gasteiger partial charge is 0.369 e. The van der Waals surface area contributed by atoms with E-state index >= 15 is 0 Å². The van der Waals surface area contributed by atoms with Gasteiger partial charge in [0, 0.05) is 44.6 Å². The Morgan fingerprint density at radius 3 is 2.80 bits per heavy atom. The van der Waals surface area contributed by atoms with Gasteiger partial charge < -0.3 is 14.8 Å². The number of fused-ring (bicyclic) bond motifs is 1. The molecular weight excluding hydrogens is 321 g/mol. The van der Waals surface area contributed by atoms with E-state index in [2.05, 4.69) is 20.1 Å². The summed E-state index contributed by atoms with van der Waals surface area (Å²) in [5.74, 6) is 1.35. The van der Waals surface area contributed by atoms with Crippen molar-refractivity contribution in [3.05, 3.63) is 41.2 Å². The van der Waals surface area contributed by atoms with Gasteiger partial charge in [0.1, 0.15) is 17.5 Å². The molecule has 4 rings (SSSR count). The summed E-state index contributed by atoms with van der Waals surface area (Å²) in [7, 11) is 0. The number of halogens is 1. The summed E-state index contributed by atoms with van der Waals surface area (Å²) < 4.78 is 16.4. The molecule has 6 nitrogen and oxygen atoms in total. The average molecular weight is 343 g/mol. The van der Waals surface area contributed by atoms with Gasteiger partial charge in [-0.25, -0.2) is 4.39 Å². The highest BCUT2D eigenvalue weighted by atomic mass is 19.1. The van der Waals surface area contributed by atoms with E-state index in [1.54, 1.807) is 12.1 Å². The van der Waals surface area contributed by atoms with Crippen LogP contribution in [0.1, 0.15) is 41.3 Å². The average Bonchev–Trinajstić information content (AvgIpc) is 3.34. The molecule has 1 N–H and O–H groups in total. The minimum absolute atomic E-state index is 0.256. The van der Waals surface area contributed by atoms with E-state index in [9.17, 15) is 9.18 Å². The van der Waals surface area contributed by atoms with Gasteiger partial charge in [0.15, 0.2) is 0 Å². The predicted octanol–water partition coefficient (Wildman–Crippen LogP) is 1.94. The van der Waals surface area contributed by atoms with Gasteiger partial charge in [-0.1, -0.05) is 0 Å². The van der Waals surface area contributed by atoms with Gasteiger partial charge in [-0.05, 0) is 37.5 Å². The maximum atomic E-state index is 14.3. The molecule has 1 amide bonds. The quantitative estimate of drug-likeness (QED) is 0.901. The van der Waals surface area contributed by atoms with Gasteiger partial charge in [0.25, 0.3) is 5.91 Å². The molecule has 1 aromatic heterocycles. The molecule has 2 aromatic rings. The second kappa shape index (κ2) is 6.82. The van der Waals surface area contributed by atoms with Crippen molar-refractivity contribution in [2.45, 2.75) is 38.6 Å². The SMILES string of the molecule is O=C(NCCc1nnc2n1CCC2)c1ccc(N2CCCC2)c(F)c1. The molecule has 0 radical (unpaired) electrons. The van der Waals surface area contributed by atoms with E-state index in [-0.39, 0.29) is 11.7 Å². The number of nitrogens with zero attached hydrogens (tertiary/aromatic N) is 4. The summed E-state index contributed by atoms with van der Waals surface area (Å²) in [6, 6.07) is 4.74. The lowest BCUT2D eigenvalue weighted by molar-refractivity contribution is 0.0953. The second-order valence-electron chi connectivity index (χ2n) is 6.65. The van der Waals surface area contributed by atoms with Crippen LogP contribution in [0.15, 0.2) is 18.2 Å². The summed E-state index contributed by atoms with van der Waals surface area (Å²) in [6.07, 6.45) is 4.89. The number of carbonyl (C=O) groups is 1. The first-order valence-electron chi connectivity index (χ1n) is 8.96. The van der Waals surface area contributed by atoms with Crippen LogP contribution in [0.2, 0.25) is 0 Å². The van der Waals surface area contributed by atoms with Crippen LogP contribution >= 0.6 is 0 Å². The molecule has 25 heavy (non-hydrogen) atoms. The van der Waals surface area contributed by atoms with Crippen LogP contribution in [0.5, 0.6) is 0 Å². The molecule has 2 aliphatic heterocycles. The predicted molar refractivity (Wildman–Crippen MR) is 92.2 cm³/mol. The lowest BCUT2D eigenvalue weighted by Gasteiger charge is -2.18. The lowest BCUT2D eigenvalue weighted by Crippen LogP contribution is -2.27. The lowest BCUT2D eigenvalue weighted by atomic mass is 10.1. The minimum Gasteiger partial charge on any atom is -0.369 e. The highest BCUT2D eigenvalue weighted by Gasteiger charge is 2.19. The molecule has 7 heteroatoms. The molecule has 0 atom stereocenters. The normalized spacial score (nSPS) is 16.3. The molecule has 132 valence electrons. The Hall–Kier alpha value is -2.44. The van der Waals surface area contributed by atoms with E-state index in [4.69, 9.17) is 0 Å². The number of aromatic nitrogens is 3. The molecule has 2 aliphatic rings. The molecule has 3 heterocycles. The standard InChI is InChI=1S/C18H22FN5O/c19-14-12-13(5-6-15(14)23-9-1-2-10-23)18(25)20-8-7-17-22-21-16-4-3-11-24(16)17/h5-6,12H,1-4,7-11H2,(H,20,25). The van der Waals surface area contributed by atoms with Crippen LogP contribution in [-0.2, 0) is 19.4 Å². The smallest absolute Gasteiger partial charge is 0.251 e. The summed E-state index contributed by atoms with van der Waals surface area (Å²) in [5, 5.41) is 11.2. The topological polar surface area (TPSA) is 63.1 Å². The van der Waals surface area contributed by atoms with Crippen LogP contribution in [0, 0.1) is 5.82 Å². The fourth-order valence-corrected chi connectivity index (χ4v) is 3.65. The highest BCUT2D eigenvalue weighted by Crippen LogP contribution is 2.24. The summed E-state index contributed by atoms with van der Waals surface area (Å²) in [5.41, 5.74) is 0.944. The van der Waals surface area contributed by atoms with Crippen molar-refractivity contribution >= 4 is 11.6 Å². The molecule has 1 saturated heterocycles. The Balaban J connectivity index is 1.35. The van der Waals surface area contributed by atoms with Crippen LogP contribution < -0.4 is 10.2 Å². The number of rotatable bonds is 5. The summed E-state index contributed by atoms with van der Waals surface area (Å²) >= 11 is 0. The number of nitrogens with one attached hydrogen (secondary N) is 1. The number of aryl methyl sites for hydroxylation is 1. The number of hydrogen-bond donors (Lipinski definition) is 1. The van der Waals surface area contributed by atoms with Gasteiger partial charge in [0.2, 0.25) is 0 Å². The van der Waals surface area contributed by atoms with Crippen molar-refractivity contribution in [3.8, 4) is 0 Å². The fraction of sp³-hybridized carbons (Fsp3) is 0.500. The van der Waals surface area contributed by atoms with Crippen LogP contribution in [0.3, 0.4) is 0 Å². The molecule has 0 unspecified atom stereocenters. The third-order valence-corrected chi connectivity index (χ3v) is 4.98. The molecule has 1 aromatic carbocycles. The number of hydrogen-bond acceptors (Lipinski definition) is 4. The van der Waals surface area contributed by atoms with E-state index in [1.807, 2.05) is 4.90 Å². The molecule has 0 spiro atoms. The van der Waals surface area contributed by atoms with Gasteiger partial charge in [0.05, 0.1) is 5.69 Å². The Bertz CT molecular complexity index is 782. The Morgan fingerprint density at radius 2 is 2.00 bits per heavy atom. The highest BCUT2D eigenvalue weighted by molar-refractivity contribution is 5.94. The molecule has 0 aliphatic carbocycles. The first-order chi connectivity index (χ1) is 12.2. The number of benzene rings is 1. The van der Waals surface area contributed by atoms with Crippen molar-refractivity contribution in [1.82, 2.24) is 20.1 Å². The first kappa shape index (κ1) is 16.1. The van der Waals surface area contributed by atoms with Gasteiger partial charge >= 0.3 is 0 Å². The number of carbonyl (C=O) groups excluding carboxylic acids is 1. The Morgan fingerprint density at radius 1 is 1.16 bits per heavy atom. The van der Waals surface area contributed by atoms with Crippen LogP contribution in [0.4, 0.5) is 10.1 Å².